The van der Waals surface area contributed by atoms with Crippen molar-refractivity contribution in [2.45, 2.75) is 26.2 Å². The summed E-state index contributed by atoms with van der Waals surface area (Å²) in [7, 11) is 0. The van der Waals surface area contributed by atoms with Gasteiger partial charge in [-0.1, -0.05) is 112 Å². The first-order chi connectivity index (χ1) is 23.9. The topological polar surface area (TPSA) is 23.0 Å². The van der Waals surface area contributed by atoms with Gasteiger partial charge in [0.2, 0.25) is 0 Å². The molecule has 0 aliphatic carbocycles. The van der Waals surface area contributed by atoms with Crippen LogP contribution in [0.2, 0.25) is 0 Å². The van der Waals surface area contributed by atoms with Gasteiger partial charge in [-0.2, -0.15) is 0 Å². The number of fused-ring (bicyclic) bond motifs is 10. The Morgan fingerprint density at radius 1 is 0.429 bits per heavy atom. The molecule has 3 heterocycles. The molecular weight excluding hydrogens is 597 g/mol. The lowest BCUT2D eigenvalue weighted by Gasteiger charge is -2.19. The minimum atomic E-state index is 0.140. The largest absolute Gasteiger partial charge is 0.455 e. The normalized spacial score (nSPS) is 12.4. The van der Waals surface area contributed by atoms with Crippen LogP contribution in [0.25, 0.3) is 88.1 Å². The summed E-state index contributed by atoms with van der Waals surface area (Å²) >= 11 is 0. The van der Waals surface area contributed by atoms with Crippen LogP contribution < -0.4 is 0 Å². The third-order valence-electron chi connectivity index (χ3n) is 10.3. The average Bonchev–Trinajstić information content (AvgIpc) is 3.79. The molecule has 0 spiro atoms. The van der Waals surface area contributed by atoms with E-state index < -0.39 is 0 Å². The zero-order chi connectivity index (χ0) is 32.9. The van der Waals surface area contributed by atoms with Crippen molar-refractivity contribution in [2.75, 3.05) is 0 Å². The number of nitrogens with zero attached hydrogens (tertiary/aromatic N) is 2. The van der Waals surface area contributed by atoms with Crippen molar-refractivity contribution < 1.29 is 4.42 Å². The molecule has 0 amide bonds. The molecule has 10 aromatic rings. The van der Waals surface area contributed by atoms with Crippen molar-refractivity contribution in [1.82, 2.24) is 9.13 Å². The van der Waals surface area contributed by atoms with Crippen LogP contribution in [0.1, 0.15) is 26.3 Å². The maximum Gasteiger partial charge on any atom is 0.145 e. The lowest BCUT2D eigenvalue weighted by molar-refractivity contribution is 0.590. The van der Waals surface area contributed by atoms with Crippen molar-refractivity contribution in [2.24, 2.45) is 0 Å². The van der Waals surface area contributed by atoms with E-state index in [1.54, 1.807) is 0 Å². The van der Waals surface area contributed by atoms with E-state index in [-0.39, 0.29) is 5.41 Å². The summed E-state index contributed by atoms with van der Waals surface area (Å²) in [5, 5.41) is 7.11. The Morgan fingerprint density at radius 3 is 1.71 bits per heavy atom. The Kier molecular flexibility index (Phi) is 5.84. The zero-order valence-corrected chi connectivity index (χ0v) is 27.7. The fraction of sp³-hybridized carbons (Fsp3) is 0.0870. The second kappa shape index (κ2) is 10.2. The van der Waals surface area contributed by atoms with Gasteiger partial charge in [-0.3, -0.25) is 0 Å². The molecule has 3 nitrogen and oxygen atoms in total. The standard InChI is InChI=1S/C46H34N2O/c1-46(2,3)31-20-16-29(17-21-31)30-18-22-32(23-19-30)47-39-13-7-4-10-34(39)38-28-33(24-26-41(38)47)48-40-14-8-5-12-37(40)44-42(48)27-25-36-35-11-6-9-15-43(35)49-45(36)44/h4-28H,1-3H3. The summed E-state index contributed by atoms with van der Waals surface area (Å²) in [6.45, 7) is 6.77. The highest BCUT2D eigenvalue weighted by Gasteiger charge is 2.20. The lowest BCUT2D eigenvalue weighted by atomic mass is 9.86. The van der Waals surface area contributed by atoms with E-state index in [0.29, 0.717) is 0 Å². The third-order valence-corrected chi connectivity index (χ3v) is 10.3. The van der Waals surface area contributed by atoms with E-state index in [1.165, 1.54) is 49.4 Å². The highest BCUT2D eigenvalue weighted by molar-refractivity contribution is 6.24. The van der Waals surface area contributed by atoms with Gasteiger partial charge in [-0.25, -0.2) is 0 Å². The molecule has 3 heteroatoms. The van der Waals surface area contributed by atoms with Crippen LogP contribution in [0.4, 0.5) is 0 Å². The predicted molar refractivity (Wildman–Crippen MR) is 207 cm³/mol. The van der Waals surface area contributed by atoms with Gasteiger partial charge >= 0.3 is 0 Å². The van der Waals surface area contributed by atoms with E-state index in [1.807, 2.05) is 6.07 Å². The van der Waals surface area contributed by atoms with Crippen molar-refractivity contribution in [3.8, 4) is 22.5 Å². The molecule has 0 saturated heterocycles. The molecule has 234 valence electrons. The fourth-order valence-electron chi connectivity index (χ4n) is 7.86. The molecule has 0 N–H and O–H groups in total. The van der Waals surface area contributed by atoms with E-state index in [0.717, 1.165) is 44.2 Å². The van der Waals surface area contributed by atoms with E-state index in [9.17, 15) is 0 Å². The Balaban J connectivity index is 1.14. The minimum absolute atomic E-state index is 0.140. The minimum Gasteiger partial charge on any atom is -0.455 e. The fourth-order valence-corrected chi connectivity index (χ4v) is 7.86. The summed E-state index contributed by atoms with van der Waals surface area (Å²) in [4.78, 5) is 0. The quantitative estimate of drug-likeness (QED) is 0.190. The van der Waals surface area contributed by atoms with Gasteiger partial charge in [0.15, 0.2) is 0 Å². The van der Waals surface area contributed by atoms with Gasteiger partial charge in [0.05, 0.1) is 27.5 Å². The number of aromatic nitrogens is 2. The summed E-state index contributed by atoms with van der Waals surface area (Å²) in [6, 6.07) is 55.1. The highest BCUT2D eigenvalue weighted by atomic mass is 16.3. The predicted octanol–water partition coefficient (Wildman–Crippen LogP) is 12.7. The molecule has 0 radical (unpaired) electrons. The number of rotatable bonds is 3. The van der Waals surface area contributed by atoms with Crippen LogP contribution in [0, 0.1) is 0 Å². The van der Waals surface area contributed by atoms with Gasteiger partial charge in [0, 0.05) is 38.3 Å². The summed E-state index contributed by atoms with van der Waals surface area (Å²) in [5.74, 6) is 0. The molecule has 0 saturated carbocycles. The first kappa shape index (κ1) is 28.0. The van der Waals surface area contributed by atoms with Crippen molar-refractivity contribution in [1.29, 1.82) is 0 Å². The number of benzene rings is 7. The van der Waals surface area contributed by atoms with E-state index >= 15 is 0 Å². The average molecular weight is 631 g/mol. The smallest absolute Gasteiger partial charge is 0.145 e. The highest BCUT2D eigenvalue weighted by Crippen LogP contribution is 2.42. The summed E-state index contributed by atoms with van der Waals surface area (Å²) in [5.41, 5.74) is 12.8. The third kappa shape index (κ3) is 4.15. The molecule has 7 aromatic carbocycles. The summed E-state index contributed by atoms with van der Waals surface area (Å²) in [6.07, 6.45) is 0. The van der Waals surface area contributed by atoms with Gasteiger partial charge in [0.1, 0.15) is 11.2 Å². The molecule has 10 rings (SSSR count). The van der Waals surface area contributed by atoms with Crippen LogP contribution in [0.15, 0.2) is 156 Å². The maximum absolute atomic E-state index is 6.54. The molecule has 0 fully saturated rings. The SMILES string of the molecule is CC(C)(C)c1ccc(-c2ccc(-n3c4ccccc4c4cc(-n5c6ccccc6c6c7oc8ccccc8c7ccc65)ccc43)cc2)cc1. The van der Waals surface area contributed by atoms with E-state index in [2.05, 4.69) is 175 Å². The van der Waals surface area contributed by atoms with Crippen molar-refractivity contribution in [3.05, 3.63) is 157 Å². The molecule has 0 bridgehead atoms. The molecule has 3 aromatic heterocycles. The maximum atomic E-state index is 6.54. The van der Waals surface area contributed by atoms with Gasteiger partial charge in [-0.05, 0) is 82.8 Å². The van der Waals surface area contributed by atoms with Crippen LogP contribution in [-0.4, -0.2) is 9.13 Å². The molecule has 0 aliphatic heterocycles. The van der Waals surface area contributed by atoms with Crippen LogP contribution in [0.3, 0.4) is 0 Å². The number of para-hydroxylation sites is 3. The molecule has 0 atom stereocenters. The lowest BCUT2D eigenvalue weighted by Crippen LogP contribution is -2.10. The summed E-state index contributed by atoms with van der Waals surface area (Å²) < 4.78 is 11.3. The van der Waals surface area contributed by atoms with Crippen LogP contribution >= 0.6 is 0 Å². The first-order valence-corrected chi connectivity index (χ1v) is 17.0. The monoisotopic (exact) mass is 630 g/mol. The number of hydrogen-bond acceptors (Lipinski definition) is 1. The van der Waals surface area contributed by atoms with E-state index in [4.69, 9.17) is 4.42 Å². The van der Waals surface area contributed by atoms with Gasteiger partial charge in [-0.15, -0.1) is 0 Å². The second-order valence-electron chi connectivity index (χ2n) is 14.2. The Hall–Kier alpha value is -6.06. The molecule has 49 heavy (non-hydrogen) atoms. The second-order valence-corrected chi connectivity index (χ2v) is 14.2. The van der Waals surface area contributed by atoms with Gasteiger partial charge in [0.25, 0.3) is 0 Å². The van der Waals surface area contributed by atoms with Crippen LogP contribution in [0.5, 0.6) is 0 Å². The van der Waals surface area contributed by atoms with Gasteiger partial charge < -0.3 is 13.6 Å². The molecular formula is C46H34N2O. The van der Waals surface area contributed by atoms with Crippen LogP contribution in [-0.2, 0) is 5.41 Å². The first-order valence-electron chi connectivity index (χ1n) is 17.0. The Morgan fingerprint density at radius 2 is 0.980 bits per heavy atom. The number of hydrogen-bond donors (Lipinski definition) is 0. The van der Waals surface area contributed by atoms with Crippen molar-refractivity contribution in [3.63, 3.8) is 0 Å². The number of furan rings is 1. The van der Waals surface area contributed by atoms with Crippen molar-refractivity contribution >= 4 is 65.6 Å². The molecule has 0 unspecified atom stereocenters. The molecule has 0 aliphatic rings. The Bertz CT molecular complexity index is 2890. The Labute approximate surface area is 284 Å². The zero-order valence-electron chi connectivity index (χ0n) is 27.7.